The van der Waals surface area contributed by atoms with E-state index < -0.39 is 0 Å². The van der Waals surface area contributed by atoms with E-state index in [1.54, 1.807) is 0 Å². The van der Waals surface area contributed by atoms with Crippen LogP contribution in [0.2, 0.25) is 0 Å². The Morgan fingerprint density at radius 3 is 1.79 bits per heavy atom. The van der Waals surface area contributed by atoms with Crippen molar-refractivity contribution >= 4 is 0 Å². The normalized spacial score (nSPS) is 18.2. The van der Waals surface area contributed by atoms with Crippen LogP contribution in [0.4, 0.5) is 0 Å². The minimum Gasteiger partial charge on any atom is -0.296 e. The maximum absolute atomic E-state index is 2.83. The molecule has 142 valence electrons. The first-order valence-electron chi connectivity index (χ1n) is 10.9. The molecule has 0 bridgehead atoms. The van der Waals surface area contributed by atoms with Gasteiger partial charge in [0, 0.05) is 24.0 Å². The molecule has 0 atom stereocenters. The number of allylic oxidation sites excluding steroid dienone is 1. The van der Waals surface area contributed by atoms with Crippen LogP contribution in [-0.2, 0) is 0 Å². The van der Waals surface area contributed by atoms with E-state index in [2.05, 4.69) is 51.7 Å². The van der Waals surface area contributed by atoms with Gasteiger partial charge in [-0.1, -0.05) is 90.7 Å². The van der Waals surface area contributed by atoms with Gasteiger partial charge in [0.2, 0.25) is 0 Å². The molecule has 1 saturated heterocycles. The molecule has 0 aromatic rings. The van der Waals surface area contributed by atoms with E-state index in [0.717, 1.165) is 0 Å². The standard InChI is InChI=1S/C23H45N/c1-6-10-12-14-18-22(5,19-15-13-11-7-2)24-20-23(21-24,16-8-3)17-9-4/h8,16H,6-7,9-15,17-21H2,1-5H3. The van der Waals surface area contributed by atoms with Gasteiger partial charge in [-0.15, -0.1) is 0 Å². The van der Waals surface area contributed by atoms with Crippen LogP contribution in [-0.4, -0.2) is 23.5 Å². The molecule has 0 N–H and O–H groups in total. The van der Waals surface area contributed by atoms with Gasteiger partial charge < -0.3 is 0 Å². The monoisotopic (exact) mass is 335 g/mol. The Hall–Kier alpha value is -0.300. The average molecular weight is 336 g/mol. The minimum atomic E-state index is 0.445. The maximum Gasteiger partial charge on any atom is 0.0182 e. The summed E-state index contributed by atoms with van der Waals surface area (Å²) in [6.45, 7) is 14.3. The number of likely N-dealkylation sites (tertiary alicyclic amines) is 1. The van der Waals surface area contributed by atoms with Gasteiger partial charge in [-0.3, -0.25) is 4.90 Å². The molecule has 0 spiro atoms. The summed E-state index contributed by atoms with van der Waals surface area (Å²) in [5, 5.41) is 0. The van der Waals surface area contributed by atoms with Gasteiger partial charge in [0.1, 0.15) is 0 Å². The molecule has 1 aliphatic rings. The summed E-state index contributed by atoms with van der Waals surface area (Å²) in [7, 11) is 0. The Morgan fingerprint density at radius 2 is 1.38 bits per heavy atom. The summed E-state index contributed by atoms with van der Waals surface area (Å²) in [6, 6.07) is 0. The minimum absolute atomic E-state index is 0.445. The zero-order chi connectivity index (χ0) is 17.9. The second-order valence-corrected chi connectivity index (χ2v) is 8.59. The van der Waals surface area contributed by atoms with Crippen molar-refractivity contribution in [2.75, 3.05) is 13.1 Å². The van der Waals surface area contributed by atoms with Gasteiger partial charge >= 0.3 is 0 Å². The molecule has 1 fully saturated rings. The fourth-order valence-corrected chi connectivity index (χ4v) is 4.60. The van der Waals surface area contributed by atoms with Crippen molar-refractivity contribution in [3.8, 4) is 0 Å². The quantitative estimate of drug-likeness (QED) is 0.237. The van der Waals surface area contributed by atoms with Crippen LogP contribution in [0, 0.1) is 5.41 Å². The average Bonchev–Trinajstić information content (AvgIpc) is 2.53. The summed E-state index contributed by atoms with van der Waals surface area (Å²) < 4.78 is 0. The second-order valence-electron chi connectivity index (χ2n) is 8.59. The van der Waals surface area contributed by atoms with Crippen LogP contribution < -0.4 is 0 Å². The molecule has 1 heterocycles. The molecule has 0 amide bonds. The third kappa shape index (κ3) is 6.54. The van der Waals surface area contributed by atoms with Gasteiger partial charge in [0.25, 0.3) is 0 Å². The number of rotatable bonds is 14. The van der Waals surface area contributed by atoms with E-state index in [1.165, 1.54) is 90.1 Å². The van der Waals surface area contributed by atoms with Crippen molar-refractivity contribution in [1.82, 2.24) is 4.90 Å². The highest BCUT2D eigenvalue weighted by molar-refractivity contribution is 5.11. The molecule has 24 heavy (non-hydrogen) atoms. The van der Waals surface area contributed by atoms with Gasteiger partial charge in [0.05, 0.1) is 0 Å². The Labute approximate surface area is 153 Å². The van der Waals surface area contributed by atoms with E-state index in [0.29, 0.717) is 11.0 Å². The molecular formula is C23H45N. The molecule has 0 unspecified atom stereocenters. The first-order valence-corrected chi connectivity index (χ1v) is 10.9. The summed E-state index contributed by atoms with van der Waals surface area (Å²) in [5.74, 6) is 0. The molecular weight excluding hydrogens is 290 g/mol. The topological polar surface area (TPSA) is 3.24 Å². The molecule has 1 aliphatic heterocycles. The first kappa shape index (κ1) is 21.7. The smallest absolute Gasteiger partial charge is 0.0182 e. The lowest BCUT2D eigenvalue weighted by atomic mass is 9.71. The van der Waals surface area contributed by atoms with E-state index in [1.807, 2.05) is 0 Å². The first-order chi connectivity index (χ1) is 11.6. The Morgan fingerprint density at radius 1 is 0.833 bits per heavy atom. The summed E-state index contributed by atoms with van der Waals surface area (Å²) in [6.07, 6.45) is 21.4. The third-order valence-electron chi connectivity index (χ3n) is 6.18. The zero-order valence-electron chi connectivity index (χ0n) is 17.5. The second kappa shape index (κ2) is 11.3. The highest BCUT2D eigenvalue weighted by Gasteiger charge is 2.46. The maximum atomic E-state index is 2.83. The van der Waals surface area contributed by atoms with Crippen molar-refractivity contribution in [3.63, 3.8) is 0 Å². The fraction of sp³-hybridized carbons (Fsp3) is 0.913. The van der Waals surface area contributed by atoms with Crippen LogP contribution in [0.5, 0.6) is 0 Å². The molecule has 0 aliphatic carbocycles. The van der Waals surface area contributed by atoms with Gasteiger partial charge in [-0.2, -0.15) is 0 Å². The molecule has 0 aromatic heterocycles. The lowest BCUT2D eigenvalue weighted by Gasteiger charge is -2.57. The Kier molecular flexibility index (Phi) is 10.3. The van der Waals surface area contributed by atoms with Crippen molar-refractivity contribution in [1.29, 1.82) is 0 Å². The van der Waals surface area contributed by atoms with Crippen LogP contribution in [0.1, 0.15) is 112 Å². The Bertz CT molecular complexity index is 326. The van der Waals surface area contributed by atoms with Crippen molar-refractivity contribution in [3.05, 3.63) is 12.2 Å². The van der Waals surface area contributed by atoms with Crippen LogP contribution in [0.3, 0.4) is 0 Å². The molecule has 1 heteroatoms. The number of hydrogen-bond acceptors (Lipinski definition) is 1. The predicted molar refractivity (Wildman–Crippen MR) is 110 cm³/mol. The van der Waals surface area contributed by atoms with E-state index in [9.17, 15) is 0 Å². The fourth-order valence-electron chi connectivity index (χ4n) is 4.60. The van der Waals surface area contributed by atoms with Crippen LogP contribution in [0.25, 0.3) is 0 Å². The molecule has 1 nitrogen and oxygen atoms in total. The molecule has 0 saturated carbocycles. The lowest BCUT2D eigenvalue weighted by Crippen LogP contribution is -2.63. The highest BCUT2D eigenvalue weighted by Crippen LogP contribution is 2.44. The number of nitrogens with zero attached hydrogens (tertiary/aromatic N) is 1. The van der Waals surface area contributed by atoms with Gasteiger partial charge in [-0.25, -0.2) is 0 Å². The lowest BCUT2D eigenvalue weighted by molar-refractivity contribution is -0.0600. The van der Waals surface area contributed by atoms with Crippen LogP contribution in [0.15, 0.2) is 12.2 Å². The number of unbranched alkanes of at least 4 members (excludes halogenated alkanes) is 6. The predicted octanol–water partition coefficient (Wildman–Crippen LogP) is 7.36. The van der Waals surface area contributed by atoms with Crippen molar-refractivity contribution in [2.45, 2.75) is 117 Å². The molecule has 1 rings (SSSR count). The van der Waals surface area contributed by atoms with Crippen LogP contribution >= 0.6 is 0 Å². The molecule has 0 aromatic carbocycles. The molecule has 0 radical (unpaired) electrons. The van der Waals surface area contributed by atoms with Gasteiger partial charge in [0.15, 0.2) is 0 Å². The van der Waals surface area contributed by atoms with E-state index in [-0.39, 0.29) is 0 Å². The van der Waals surface area contributed by atoms with E-state index >= 15 is 0 Å². The van der Waals surface area contributed by atoms with E-state index in [4.69, 9.17) is 0 Å². The SMILES string of the molecule is CC=CC1(CCC)CN(C(C)(CCCCCC)CCCCCC)C1. The Balaban J connectivity index is 2.60. The summed E-state index contributed by atoms with van der Waals surface area (Å²) >= 11 is 0. The third-order valence-corrected chi connectivity index (χ3v) is 6.18. The highest BCUT2D eigenvalue weighted by atomic mass is 15.3. The van der Waals surface area contributed by atoms with Crippen molar-refractivity contribution in [2.24, 2.45) is 5.41 Å². The summed E-state index contributed by atoms with van der Waals surface area (Å²) in [5.41, 5.74) is 0.928. The van der Waals surface area contributed by atoms with Gasteiger partial charge in [-0.05, 0) is 33.1 Å². The largest absolute Gasteiger partial charge is 0.296 e. The van der Waals surface area contributed by atoms with Crippen molar-refractivity contribution < 1.29 is 0 Å². The summed E-state index contributed by atoms with van der Waals surface area (Å²) in [4.78, 5) is 2.83. The zero-order valence-corrected chi connectivity index (χ0v) is 17.5. The number of hydrogen-bond donors (Lipinski definition) is 0.